The van der Waals surface area contributed by atoms with Gasteiger partial charge < -0.3 is 14.6 Å². The molecular weight excluding hydrogens is 246 g/mol. The van der Waals surface area contributed by atoms with Crippen LogP contribution in [0.15, 0.2) is 36.5 Å². The maximum atomic E-state index is 11.2. The quantitative estimate of drug-likeness (QED) is 0.913. The molecule has 0 aliphatic rings. The standard InChI is InChI=1S/C14H13NO4/c1-18-11-7-3-5-10(13(11)19-2)9-6-4-8-15-12(9)14(16)17/h3-8H,1-2H3,(H,16,17). The van der Waals surface area contributed by atoms with Gasteiger partial charge in [0.2, 0.25) is 0 Å². The minimum atomic E-state index is -1.08. The van der Waals surface area contributed by atoms with Crippen molar-refractivity contribution in [2.75, 3.05) is 14.2 Å². The highest BCUT2D eigenvalue weighted by atomic mass is 16.5. The van der Waals surface area contributed by atoms with E-state index in [-0.39, 0.29) is 5.69 Å². The Hall–Kier alpha value is -2.56. The number of aromatic nitrogens is 1. The Labute approximate surface area is 110 Å². The molecule has 1 aromatic carbocycles. The van der Waals surface area contributed by atoms with Gasteiger partial charge in [-0.3, -0.25) is 0 Å². The van der Waals surface area contributed by atoms with Crippen LogP contribution in [0.4, 0.5) is 0 Å². The third-order valence-corrected chi connectivity index (χ3v) is 2.70. The van der Waals surface area contributed by atoms with E-state index in [9.17, 15) is 9.90 Å². The highest BCUT2D eigenvalue weighted by Gasteiger charge is 2.18. The molecule has 2 rings (SSSR count). The molecule has 2 aromatic rings. The third kappa shape index (κ3) is 2.35. The molecule has 0 aliphatic heterocycles. The number of hydrogen-bond acceptors (Lipinski definition) is 4. The summed E-state index contributed by atoms with van der Waals surface area (Å²) in [4.78, 5) is 15.1. The molecule has 1 heterocycles. The van der Waals surface area contributed by atoms with Crippen molar-refractivity contribution in [3.8, 4) is 22.6 Å². The summed E-state index contributed by atoms with van der Waals surface area (Å²) in [7, 11) is 3.04. The van der Waals surface area contributed by atoms with Gasteiger partial charge in [0.1, 0.15) is 0 Å². The van der Waals surface area contributed by atoms with Crippen LogP contribution in [-0.4, -0.2) is 30.3 Å². The predicted molar refractivity (Wildman–Crippen MR) is 69.7 cm³/mol. The topological polar surface area (TPSA) is 68.7 Å². The lowest BCUT2D eigenvalue weighted by molar-refractivity contribution is 0.0691. The van der Waals surface area contributed by atoms with Crippen LogP contribution < -0.4 is 9.47 Å². The molecule has 5 heteroatoms. The first-order valence-electron chi connectivity index (χ1n) is 5.58. The molecule has 19 heavy (non-hydrogen) atoms. The van der Waals surface area contributed by atoms with Gasteiger partial charge in [-0.15, -0.1) is 0 Å². The molecule has 0 fully saturated rings. The Bertz CT molecular complexity index is 610. The average molecular weight is 259 g/mol. The Morgan fingerprint density at radius 2 is 1.84 bits per heavy atom. The SMILES string of the molecule is COc1cccc(-c2cccnc2C(=O)O)c1OC. The van der Waals surface area contributed by atoms with Crippen LogP contribution in [0.25, 0.3) is 11.1 Å². The second-order valence-corrected chi connectivity index (χ2v) is 3.75. The van der Waals surface area contributed by atoms with E-state index in [0.29, 0.717) is 22.6 Å². The van der Waals surface area contributed by atoms with E-state index < -0.39 is 5.97 Å². The lowest BCUT2D eigenvalue weighted by atomic mass is 10.0. The van der Waals surface area contributed by atoms with E-state index >= 15 is 0 Å². The lowest BCUT2D eigenvalue weighted by Crippen LogP contribution is -2.03. The number of pyridine rings is 1. The summed E-state index contributed by atoms with van der Waals surface area (Å²) in [6.07, 6.45) is 1.44. The van der Waals surface area contributed by atoms with Crippen LogP contribution in [0.3, 0.4) is 0 Å². The number of methoxy groups -OCH3 is 2. The molecule has 0 aliphatic carbocycles. The number of rotatable bonds is 4. The minimum absolute atomic E-state index is 0.0194. The summed E-state index contributed by atoms with van der Waals surface area (Å²) in [6.45, 7) is 0. The number of nitrogens with zero attached hydrogens (tertiary/aromatic N) is 1. The Morgan fingerprint density at radius 3 is 2.47 bits per heavy atom. The number of aromatic carboxylic acids is 1. The number of hydrogen-bond donors (Lipinski definition) is 1. The van der Waals surface area contributed by atoms with Crippen LogP contribution in [-0.2, 0) is 0 Å². The highest BCUT2D eigenvalue weighted by Crippen LogP contribution is 2.38. The molecular formula is C14H13NO4. The molecule has 0 amide bonds. The van der Waals surface area contributed by atoms with Gasteiger partial charge in [0, 0.05) is 17.3 Å². The van der Waals surface area contributed by atoms with Crippen LogP contribution in [0.5, 0.6) is 11.5 Å². The molecule has 0 saturated heterocycles. The highest BCUT2D eigenvalue weighted by molar-refractivity contribution is 5.95. The minimum Gasteiger partial charge on any atom is -0.493 e. The zero-order valence-electron chi connectivity index (χ0n) is 10.6. The number of para-hydroxylation sites is 1. The fraction of sp³-hybridized carbons (Fsp3) is 0.143. The zero-order valence-corrected chi connectivity index (χ0v) is 10.6. The zero-order chi connectivity index (χ0) is 13.8. The van der Waals surface area contributed by atoms with Crippen molar-refractivity contribution in [2.24, 2.45) is 0 Å². The van der Waals surface area contributed by atoms with Crippen molar-refractivity contribution < 1.29 is 19.4 Å². The van der Waals surface area contributed by atoms with Crippen molar-refractivity contribution in [1.29, 1.82) is 0 Å². The fourth-order valence-corrected chi connectivity index (χ4v) is 1.89. The van der Waals surface area contributed by atoms with Crippen LogP contribution in [0.2, 0.25) is 0 Å². The number of ether oxygens (including phenoxy) is 2. The summed E-state index contributed by atoms with van der Waals surface area (Å²) in [6, 6.07) is 8.66. The van der Waals surface area contributed by atoms with Crippen molar-refractivity contribution in [3.05, 3.63) is 42.2 Å². The van der Waals surface area contributed by atoms with Crippen molar-refractivity contribution in [1.82, 2.24) is 4.98 Å². The first-order chi connectivity index (χ1) is 9.19. The number of carbonyl (C=O) groups is 1. The molecule has 0 spiro atoms. The van der Waals surface area contributed by atoms with E-state index in [1.54, 1.807) is 30.3 Å². The number of benzene rings is 1. The maximum absolute atomic E-state index is 11.2. The average Bonchev–Trinajstić information content (AvgIpc) is 2.46. The largest absolute Gasteiger partial charge is 0.493 e. The second-order valence-electron chi connectivity index (χ2n) is 3.75. The predicted octanol–water partition coefficient (Wildman–Crippen LogP) is 2.46. The first kappa shape index (κ1) is 12.9. The van der Waals surface area contributed by atoms with Gasteiger partial charge in [-0.1, -0.05) is 18.2 Å². The van der Waals surface area contributed by atoms with Gasteiger partial charge in [0.15, 0.2) is 17.2 Å². The van der Waals surface area contributed by atoms with Crippen LogP contribution in [0.1, 0.15) is 10.5 Å². The van der Waals surface area contributed by atoms with E-state index in [2.05, 4.69) is 4.98 Å². The monoisotopic (exact) mass is 259 g/mol. The second kappa shape index (κ2) is 5.39. The molecule has 1 N–H and O–H groups in total. The maximum Gasteiger partial charge on any atom is 0.355 e. The molecule has 0 atom stereocenters. The first-order valence-corrected chi connectivity index (χ1v) is 5.58. The van der Waals surface area contributed by atoms with Crippen molar-refractivity contribution >= 4 is 5.97 Å². The summed E-state index contributed by atoms with van der Waals surface area (Å²) in [5.41, 5.74) is 1.10. The Kier molecular flexibility index (Phi) is 3.66. The van der Waals surface area contributed by atoms with E-state index in [1.807, 2.05) is 0 Å². The normalized spacial score (nSPS) is 10.0. The summed E-state index contributed by atoms with van der Waals surface area (Å²) in [5.74, 6) is -0.0545. The summed E-state index contributed by atoms with van der Waals surface area (Å²) < 4.78 is 10.5. The van der Waals surface area contributed by atoms with E-state index in [0.717, 1.165) is 0 Å². The fourth-order valence-electron chi connectivity index (χ4n) is 1.89. The molecule has 0 bridgehead atoms. The van der Waals surface area contributed by atoms with Crippen LogP contribution >= 0.6 is 0 Å². The molecule has 0 unspecified atom stereocenters. The lowest BCUT2D eigenvalue weighted by Gasteiger charge is -2.13. The smallest absolute Gasteiger partial charge is 0.355 e. The third-order valence-electron chi connectivity index (χ3n) is 2.70. The summed E-state index contributed by atoms with van der Waals surface area (Å²) >= 11 is 0. The van der Waals surface area contributed by atoms with Gasteiger partial charge in [0.05, 0.1) is 14.2 Å². The summed E-state index contributed by atoms with van der Waals surface area (Å²) in [5, 5.41) is 9.18. The number of carboxylic acids is 1. The molecule has 0 radical (unpaired) electrons. The van der Waals surface area contributed by atoms with Crippen molar-refractivity contribution in [2.45, 2.75) is 0 Å². The van der Waals surface area contributed by atoms with Crippen molar-refractivity contribution in [3.63, 3.8) is 0 Å². The van der Waals surface area contributed by atoms with E-state index in [4.69, 9.17) is 9.47 Å². The Morgan fingerprint density at radius 1 is 1.11 bits per heavy atom. The number of carboxylic acid groups (broad SMARTS) is 1. The van der Waals surface area contributed by atoms with Gasteiger partial charge in [-0.2, -0.15) is 0 Å². The molecule has 1 aromatic heterocycles. The van der Waals surface area contributed by atoms with E-state index in [1.165, 1.54) is 20.4 Å². The molecule has 98 valence electrons. The van der Waals surface area contributed by atoms with Gasteiger partial charge in [-0.25, -0.2) is 9.78 Å². The molecule has 0 saturated carbocycles. The van der Waals surface area contributed by atoms with Gasteiger partial charge in [-0.05, 0) is 12.1 Å². The van der Waals surface area contributed by atoms with Crippen LogP contribution in [0, 0.1) is 0 Å². The van der Waals surface area contributed by atoms with Gasteiger partial charge >= 0.3 is 5.97 Å². The van der Waals surface area contributed by atoms with Gasteiger partial charge in [0.25, 0.3) is 0 Å². The Balaban J connectivity index is 2.69. The molecule has 5 nitrogen and oxygen atoms in total.